The highest BCUT2D eigenvalue weighted by molar-refractivity contribution is 6.36. The molecule has 0 unspecified atom stereocenters. The molecule has 1 heterocycles. The Balaban J connectivity index is 1.70. The molecule has 2 aromatic carbocycles. The van der Waals surface area contributed by atoms with E-state index in [4.69, 9.17) is 27.6 Å². The van der Waals surface area contributed by atoms with E-state index < -0.39 is 5.91 Å². The number of hydrazone groups is 1. The Morgan fingerprint density at radius 3 is 2.68 bits per heavy atom. The second-order valence-corrected chi connectivity index (χ2v) is 5.89. The fraction of sp³-hybridized carbons (Fsp3) is 0. The van der Waals surface area contributed by atoms with Gasteiger partial charge in [0.2, 0.25) is 0 Å². The number of nitrogens with one attached hydrogen (secondary N) is 1. The van der Waals surface area contributed by atoms with E-state index in [1.165, 1.54) is 18.3 Å². The number of hydrogen-bond donors (Lipinski definition) is 2. The van der Waals surface area contributed by atoms with Gasteiger partial charge < -0.3 is 9.52 Å². The van der Waals surface area contributed by atoms with Gasteiger partial charge in [-0.05, 0) is 42.5 Å². The number of phenolic OH excluding ortho intramolecular Hbond substituents is 1. The molecule has 3 aromatic rings. The largest absolute Gasteiger partial charge is 0.507 e. The number of aromatic hydroxyl groups is 1. The molecule has 0 aliphatic heterocycles. The number of phenols is 1. The second-order valence-electron chi connectivity index (χ2n) is 5.04. The van der Waals surface area contributed by atoms with Gasteiger partial charge in [0.1, 0.15) is 17.3 Å². The van der Waals surface area contributed by atoms with Crippen LogP contribution in [0, 0.1) is 0 Å². The smallest absolute Gasteiger partial charge is 0.275 e. The fourth-order valence-corrected chi connectivity index (χ4v) is 2.64. The molecule has 0 aliphatic carbocycles. The molecular weight excluding hydrogens is 363 g/mol. The van der Waals surface area contributed by atoms with Crippen molar-refractivity contribution in [2.75, 3.05) is 0 Å². The van der Waals surface area contributed by atoms with E-state index in [1.54, 1.807) is 42.5 Å². The van der Waals surface area contributed by atoms with Crippen LogP contribution in [0.25, 0.3) is 11.3 Å². The van der Waals surface area contributed by atoms with Crippen LogP contribution < -0.4 is 5.43 Å². The lowest BCUT2D eigenvalue weighted by molar-refractivity contribution is 0.0952. The molecule has 2 N–H and O–H groups in total. The maximum Gasteiger partial charge on any atom is 0.275 e. The average molecular weight is 375 g/mol. The number of para-hydroxylation sites is 1. The van der Waals surface area contributed by atoms with Crippen molar-refractivity contribution < 1.29 is 14.3 Å². The number of benzene rings is 2. The molecule has 126 valence electrons. The molecule has 7 heteroatoms. The highest BCUT2D eigenvalue weighted by Crippen LogP contribution is 2.31. The molecule has 0 bridgehead atoms. The third-order valence-electron chi connectivity index (χ3n) is 3.33. The molecule has 0 atom stereocenters. The van der Waals surface area contributed by atoms with Crippen LogP contribution in [0.1, 0.15) is 16.1 Å². The Bertz CT molecular complexity index is 951. The summed E-state index contributed by atoms with van der Waals surface area (Å²) in [6.45, 7) is 0. The molecule has 0 radical (unpaired) electrons. The lowest BCUT2D eigenvalue weighted by Gasteiger charge is -2.01. The molecule has 0 fully saturated rings. The first-order valence-electron chi connectivity index (χ1n) is 7.21. The van der Waals surface area contributed by atoms with Crippen molar-refractivity contribution in [1.82, 2.24) is 5.43 Å². The van der Waals surface area contributed by atoms with Crippen LogP contribution in [0.4, 0.5) is 0 Å². The minimum Gasteiger partial charge on any atom is -0.507 e. The van der Waals surface area contributed by atoms with Gasteiger partial charge in [-0.2, -0.15) is 5.10 Å². The summed E-state index contributed by atoms with van der Waals surface area (Å²) in [5, 5.41) is 14.4. The van der Waals surface area contributed by atoms with Gasteiger partial charge in [-0.1, -0.05) is 35.3 Å². The molecule has 0 saturated heterocycles. The first-order chi connectivity index (χ1) is 12.0. The standard InChI is InChI=1S/C18H12Cl2N2O3/c19-11-5-7-13(15(20)9-11)17-8-6-12(25-17)10-21-22-18(24)14-3-1-2-4-16(14)23/h1-10,23H,(H,22,24)/b21-10+. The quantitative estimate of drug-likeness (QED) is 0.512. The molecule has 5 nitrogen and oxygen atoms in total. The lowest BCUT2D eigenvalue weighted by Crippen LogP contribution is -2.17. The maximum atomic E-state index is 11.9. The van der Waals surface area contributed by atoms with Crippen LogP contribution in [0.15, 0.2) is 64.1 Å². The van der Waals surface area contributed by atoms with Gasteiger partial charge in [0.25, 0.3) is 5.91 Å². The fourth-order valence-electron chi connectivity index (χ4n) is 2.14. The third-order valence-corrected chi connectivity index (χ3v) is 3.88. The summed E-state index contributed by atoms with van der Waals surface area (Å²) in [7, 11) is 0. The van der Waals surface area contributed by atoms with Gasteiger partial charge in [-0.15, -0.1) is 0 Å². The molecule has 3 rings (SSSR count). The summed E-state index contributed by atoms with van der Waals surface area (Å²) >= 11 is 12.0. The van der Waals surface area contributed by atoms with Crippen molar-refractivity contribution in [3.63, 3.8) is 0 Å². The lowest BCUT2D eigenvalue weighted by atomic mass is 10.2. The van der Waals surface area contributed by atoms with E-state index in [0.29, 0.717) is 27.1 Å². The van der Waals surface area contributed by atoms with Gasteiger partial charge in [0.05, 0.1) is 16.8 Å². The number of hydrogen-bond acceptors (Lipinski definition) is 4. The summed E-state index contributed by atoms with van der Waals surface area (Å²) in [6.07, 6.45) is 1.35. The Labute approximate surface area is 153 Å². The first kappa shape index (κ1) is 17.1. The van der Waals surface area contributed by atoms with Gasteiger partial charge in [0.15, 0.2) is 0 Å². The van der Waals surface area contributed by atoms with Gasteiger partial charge in [-0.3, -0.25) is 4.79 Å². The van der Waals surface area contributed by atoms with E-state index in [2.05, 4.69) is 10.5 Å². The van der Waals surface area contributed by atoms with E-state index >= 15 is 0 Å². The predicted octanol–water partition coefficient (Wildman–Crippen LogP) is 4.72. The van der Waals surface area contributed by atoms with E-state index in [1.807, 2.05) is 0 Å². The topological polar surface area (TPSA) is 74.8 Å². The van der Waals surface area contributed by atoms with Crippen LogP contribution in [0.5, 0.6) is 5.75 Å². The average Bonchev–Trinajstić information content (AvgIpc) is 3.03. The SMILES string of the molecule is O=C(N/N=C/c1ccc(-c2ccc(Cl)cc2Cl)o1)c1ccccc1O. The Hall–Kier alpha value is -2.76. The van der Waals surface area contributed by atoms with Gasteiger partial charge >= 0.3 is 0 Å². The predicted molar refractivity (Wildman–Crippen MR) is 97.3 cm³/mol. The summed E-state index contributed by atoms with van der Waals surface area (Å²) in [6, 6.07) is 14.7. The first-order valence-corrected chi connectivity index (χ1v) is 7.97. The van der Waals surface area contributed by atoms with Crippen LogP contribution >= 0.6 is 23.2 Å². The molecule has 1 amide bonds. The Morgan fingerprint density at radius 1 is 1.12 bits per heavy atom. The molecular formula is C18H12Cl2N2O3. The van der Waals surface area contributed by atoms with Crippen LogP contribution in [0.3, 0.4) is 0 Å². The maximum absolute atomic E-state index is 11.9. The molecule has 0 saturated carbocycles. The number of furan rings is 1. The Kier molecular flexibility index (Phi) is 5.07. The van der Waals surface area contributed by atoms with E-state index in [0.717, 1.165) is 0 Å². The summed E-state index contributed by atoms with van der Waals surface area (Å²) in [5.41, 5.74) is 3.15. The third kappa shape index (κ3) is 4.02. The van der Waals surface area contributed by atoms with Crippen molar-refractivity contribution in [3.05, 3.63) is 76.0 Å². The summed E-state index contributed by atoms with van der Waals surface area (Å²) in [4.78, 5) is 11.9. The summed E-state index contributed by atoms with van der Waals surface area (Å²) < 4.78 is 5.62. The molecule has 0 spiro atoms. The zero-order valence-electron chi connectivity index (χ0n) is 12.7. The minimum atomic E-state index is -0.526. The highest BCUT2D eigenvalue weighted by atomic mass is 35.5. The highest BCUT2D eigenvalue weighted by Gasteiger charge is 2.10. The number of rotatable bonds is 4. The molecule has 1 aromatic heterocycles. The van der Waals surface area contributed by atoms with Crippen molar-refractivity contribution in [2.45, 2.75) is 0 Å². The van der Waals surface area contributed by atoms with Crippen molar-refractivity contribution in [2.24, 2.45) is 5.10 Å². The van der Waals surface area contributed by atoms with Crippen molar-refractivity contribution in [1.29, 1.82) is 0 Å². The van der Waals surface area contributed by atoms with Crippen LogP contribution in [-0.2, 0) is 0 Å². The number of amides is 1. The van der Waals surface area contributed by atoms with E-state index in [9.17, 15) is 9.90 Å². The number of carbonyl (C=O) groups is 1. The minimum absolute atomic E-state index is 0.118. The molecule has 0 aliphatic rings. The van der Waals surface area contributed by atoms with Crippen LogP contribution in [0.2, 0.25) is 10.0 Å². The van der Waals surface area contributed by atoms with Crippen molar-refractivity contribution >= 4 is 35.3 Å². The second kappa shape index (κ2) is 7.42. The normalized spacial score (nSPS) is 11.0. The van der Waals surface area contributed by atoms with Crippen LogP contribution in [-0.4, -0.2) is 17.2 Å². The number of halogens is 2. The zero-order valence-corrected chi connectivity index (χ0v) is 14.3. The van der Waals surface area contributed by atoms with Gasteiger partial charge in [-0.25, -0.2) is 5.43 Å². The van der Waals surface area contributed by atoms with Gasteiger partial charge in [0, 0.05) is 10.6 Å². The Morgan fingerprint density at radius 2 is 1.92 bits per heavy atom. The zero-order chi connectivity index (χ0) is 17.8. The van der Waals surface area contributed by atoms with E-state index in [-0.39, 0.29) is 11.3 Å². The van der Waals surface area contributed by atoms with Crippen molar-refractivity contribution in [3.8, 4) is 17.1 Å². The summed E-state index contributed by atoms with van der Waals surface area (Å²) in [5.74, 6) is 0.337. The monoisotopic (exact) mass is 374 g/mol. The molecule has 25 heavy (non-hydrogen) atoms. The number of carbonyl (C=O) groups excluding carboxylic acids is 1. The number of nitrogens with zero attached hydrogens (tertiary/aromatic N) is 1.